The van der Waals surface area contributed by atoms with Crippen LogP contribution in [0.15, 0.2) is 72.8 Å². The van der Waals surface area contributed by atoms with E-state index < -0.39 is 23.2 Å². The van der Waals surface area contributed by atoms with Gasteiger partial charge in [-0.2, -0.15) is 23.7 Å². The van der Waals surface area contributed by atoms with E-state index in [0.29, 0.717) is 22.6 Å². The third-order valence-electron chi connectivity index (χ3n) is 6.43. The summed E-state index contributed by atoms with van der Waals surface area (Å²) < 4.78 is 39.4. The van der Waals surface area contributed by atoms with E-state index in [1.165, 1.54) is 12.1 Å². The number of rotatable bonds is 8. The van der Waals surface area contributed by atoms with Gasteiger partial charge >= 0.3 is 6.18 Å². The first-order valence-electron chi connectivity index (χ1n) is 11.5. The molecule has 0 spiro atoms. The van der Waals surface area contributed by atoms with Gasteiger partial charge in [0.25, 0.3) is 0 Å². The molecule has 3 atom stereocenters. The monoisotopic (exact) mass is 509 g/mol. The van der Waals surface area contributed by atoms with Crippen LogP contribution in [0.3, 0.4) is 0 Å². The molecule has 186 valence electrons. The number of nitrogens with one attached hydrogen (secondary N) is 1. The standard InChI is InChI=1S/C29H27ClF3N3/c1-19(36-27(28(2,3)18-35)22-9-11-24(12-10-22)29(31,32)33)26(16-20-7-13-25(30)14-8-20)23-6-4-5-21(15-23)17-34/h4-15,19,26-27,36H,16H2,1-3H3/t19-,26+,27?/m0/s1. The molecule has 3 rings (SSSR count). The lowest BCUT2D eigenvalue weighted by Crippen LogP contribution is -2.42. The van der Waals surface area contributed by atoms with E-state index in [-0.39, 0.29) is 12.0 Å². The van der Waals surface area contributed by atoms with Crippen LogP contribution in [-0.2, 0) is 12.6 Å². The molecule has 0 heterocycles. The summed E-state index contributed by atoms with van der Waals surface area (Å²) >= 11 is 6.06. The maximum absolute atomic E-state index is 13.1. The molecule has 0 aromatic heterocycles. The van der Waals surface area contributed by atoms with Crippen molar-refractivity contribution in [1.29, 1.82) is 10.5 Å². The van der Waals surface area contributed by atoms with Gasteiger partial charge in [-0.25, -0.2) is 0 Å². The van der Waals surface area contributed by atoms with E-state index in [4.69, 9.17) is 11.6 Å². The molecular weight excluding hydrogens is 483 g/mol. The van der Waals surface area contributed by atoms with Gasteiger partial charge in [-0.3, -0.25) is 0 Å². The van der Waals surface area contributed by atoms with Crippen molar-refractivity contribution in [1.82, 2.24) is 5.32 Å². The Balaban J connectivity index is 1.99. The molecule has 3 aromatic rings. The highest BCUT2D eigenvalue weighted by atomic mass is 35.5. The predicted molar refractivity (Wildman–Crippen MR) is 135 cm³/mol. The molecule has 0 radical (unpaired) electrons. The summed E-state index contributed by atoms with van der Waals surface area (Å²) in [6.07, 6.45) is -3.80. The van der Waals surface area contributed by atoms with Crippen LogP contribution in [0.1, 0.15) is 60.5 Å². The zero-order valence-electron chi connectivity index (χ0n) is 20.3. The molecule has 3 nitrogen and oxygen atoms in total. The lowest BCUT2D eigenvalue weighted by Gasteiger charge is -2.36. The number of halogens is 4. The van der Waals surface area contributed by atoms with E-state index in [9.17, 15) is 23.7 Å². The Morgan fingerprint density at radius 3 is 2.11 bits per heavy atom. The average Bonchev–Trinajstić information content (AvgIpc) is 2.86. The third-order valence-corrected chi connectivity index (χ3v) is 6.68. The number of alkyl halides is 3. The van der Waals surface area contributed by atoms with Crippen molar-refractivity contribution < 1.29 is 13.2 Å². The molecule has 0 aliphatic rings. The second-order valence-electron chi connectivity index (χ2n) is 9.52. The Kier molecular flexibility index (Phi) is 8.46. The van der Waals surface area contributed by atoms with Gasteiger partial charge in [-0.1, -0.05) is 48.0 Å². The fourth-order valence-corrected chi connectivity index (χ4v) is 4.45. The summed E-state index contributed by atoms with van der Waals surface area (Å²) in [6, 6.07) is 23.6. The molecule has 0 bridgehead atoms. The molecule has 0 amide bonds. The van der Waals surface area contributed by atoms with Crippen molar-refractivity contribution in [3.63, 3.8) is 0 Å². The van der Waals surface area contributed by atoms with Crippen LogP contribution >= 0.6 is 11.6 Å². The zero-order chi connectivity index (χ0) is 26.5. The normalized spacial score (nSPS) is 14.4. The highest BCUT2D eigenvalue weighted by Crippen LogP contribution is 2.37. The minimum absolute atomic E-state index is 0.0917. The fourth-order valence-electron chi connectivity index (χ4n) is 4.33. The smallest absolute Gasteiger partial charge is 0.305 e. The fraction of sp³-hybridized carbons (Fsp3) is 0.310. The van der Waals surface area contributed by atoms with Crippen LogP contribution in [0.2, 0.25) is 5.02 Å². The minimum atomic E-state index is -4.44. The lowest BCUT2D eigenvalue weighted by atomic mass is 9.79. The van der Waals surface area contributed by atoms with Gasteiger partial charge in [0.1, 0.15) is 0 Å². The second-order valence-corrected chi connectivity index (χ2v) is 9.95. The maximum atomic E-state index is 13.1. The number of hydrogen-bond acceptors (Lipinski definition) is 3. The Morgan fingerprint density at radius 1 is 0.917 bits per heavy atom. The number of nitrogens with zero attached hydrogens (tertiary/aromatic N) is 2. The summed E-state index contributed by atoms with van der Waals surface area (Å²) in [5, 5.41) is 23.5. The first kappa shape index (κ1) is 27.3. The van der Waals surface area contributed by atoms with Crippen molar-refractivity contribution >= 4 is 11.6 Å². The SMILES string of the molecule is C[C@H](NC(c1ccc(C(F)(F)F)cc1)C(C)(C)C#N)[C@@H](Cc1ccc(Cl)cc1)c1cccc(C#N)c1. The number of hydrogen-bond donors (Lipinski definition) is 1. The minimum Gasteiger partial charge on any atom is -0.305 e. The molecule has 0 saturated carbocycles. The van der Waals surface area contributed by atoms with Gasteiger partial charge in [-0.05, 0) is 80.3 Å². The molecule has 1 N–H and O–H groups in total. The van der Waals surface area contributed by atoms with Gasteiger partial charge in [0.05, 0.1) is 34.7 Å². The van der Waals surface area contributed by atoms with Crippen LogP contribution in [0, 0.1) is 28.1 Å². The zero-order valence-corrected chi connectivity index (χ0v) is 21.0. The lowest BCUT2D eigenvalue weighted by molar-refractivity contribution is -0.137. The highest BCUT2D eigenvalue weighted by Gasteiger charge is 2.35. The quantitative estimate of drug-likeness (QED) is 0.336. The van der Waals surface area contributed by atoms with E-state index in [1.807, 2.05) is 49.4 Å². The summed E-state index contributed by atoms with van der Waals surface area (Å²) in [5.74, 6) is -0.0917. The van der Waals surface area contributed by atoms with Crippen LogP contribution in [0.4, 0.5) is 13.2 Å². The molecule has 36 heavy (non-hydrogen) atoms. The first-order chi connectivity index (χ1) is 16.9. The Hall–Kier alpha value is -3.32. The van der Waals surface area contributed by atoms with Gasteiger partial charge < -0.3 is 5.32 Å². The average molecular weight is 510 g/mol. The van der Waals surface area contributed by atoms with Crippen molar-refractivity contribution in [2.24, 2.45) is 5.41 Å². The molecule has 1 unspecified atom stereocenters. The molecule has 0 aliphatic heterocycles. The number of benzene rings is 3. The number of nitriles is 2. The largest absolute Gasteiger partial charge is 0.416 e. The summed E-state index contributed by atoms with van der Waals surface area (Å²) in [5.41, 5.74) is 1.49. The van der Waals surface area contributed by atoms with Gasteiger partial charge in [0.15, 0.2) is 0 Å². The predicted octanol–water partition coefficient (Wildman–Crippen LogP) is 7.83. The molecule has 0 saturated heterocycles. The molecule has 0 aliphatic carbocycles. The van der Waals surface area contributed by atoms with E-state index in [1.54, 1.807) is 19.9 Å². The maximum Gasteiger partial charge on any atom is 0.416 e. The highest BCUT2D eigenvalue weighted by molar-refractivity contribution is 6.30. The van der Waals surface area contributed by atoms with Crippen LogP contribution in [0.5, 0.6) is 0 Å². The van der Waals surface area contributed by atoms with E-state index in [2.05, 4.69) is 17.5 Å². The third kappa shape index (κ3) is 6.66. The first-order valence-corrected chi connectivity index (χ1v) is 11.9. The molecule has 3 aromatic carbocycles. The van der Waals surface area contributed by atoms with Crippen molar-refractivity contribution in [2.45, 2.75) is 51.4 Å². The van der Waals surface area contributed by atoms with E-state index >= 15 is 0 Å². The van der Waals surface area contributed by atoms with Crippen molar-refractivity contribution in [3.8, 4) is 12.1 Å². The van der Waals surface area contributed by atoms with Crippen LogP contribution in [-0.4, -0.2) is 6.04 Å². The summed E-state index contributed by atoms with van der Waals surface area (Å²) in [4.78, 5) is 0. The molecular formula is C29H27ClF3N3. The van der Waals surface area contributed by atoms with Gasteiger partial charge in [0, 0.05) is 17.0 Å². The van der Waals surface area contributed by atoms with Crippen molar-refractivity contribution in [3.05, 3.63) is 106 Å². The van der Waals surface area contributed by atoms with Gasteiger partial charge in [0.2, 0.25) is 0 Å². The molecule has 7 heteroatoms. The Labute approximate surface area is 215 Å². The van der Waals surface area contributed by atoms with Gasteiger partial charge in [-0.15, -0.1) is 0 Å². The van der Waals surface area contributed by atoms with Crippen LogP contribution < -0.4 is 5.32 Å². The second kappa shape index (κ2) is 11.2. The Morgan fingerprint density at radius 2 is 1.56 bits per heavy atom. The topological polar surface area (TPSA) is 59.6 Å². The molecule has 0 fully saturated rings. The van der Waals surface area contributed by atoms with Crippen molar-refractivity contribution in [2.75, 3.05) is 0 Å². The summed E-state index contributed by atoms with van der Waals surface area (Å²) in [7, 11) is 0. The van der Waals surface area contributed by atoms with Crippen LogP contribution in [0.25, 0.3) is 0 Å². The van der Waals surface area contributed by atoms with E-state index in [0.717, 1.165) is 23.3 Å². The Bertz CT molecular complexity index is 1250. The summed E-state index contributed by atoms with van der Waals surface area (Å²) in [6.45, 7) is 5.52.